The quantitative estimate of drug-likeness (QED) is 0.847. The van der Waals surface area contributed by atoms with E-state index in [0.29, 0.717) is 18.0 Å². The number of pyridine rings is 1. The van der Waals surface area contributed by atoms with Crippen LogP contribution in [0.15, 0.2) is 48.7 Å². The third-order valence-electron chi connectivity index (χ3n) is 4.84. The van der Waals surface area contributed by atoms with Crippen molar-refractivity contribution < 1.29 is 4.79 Å². The first-order valence-electron chi connectivity index (χ1n) is 8.86. The van der Waals surface area contributed by atoms with Gasteiger partial charge in [0, 0.05) is 24.8 Å². The molecular weight excluding hydrogens is 312 g/mol. The van der Waals surface area contributed by atoms with Gasteiger partial charge in [0.25, 0.3) is 0 Å². The van der Waals surface area contributed by atoms with Gasteiger partial charge in [-0.05, 0) is 43.5 Å². The average Bonchev–Trinajstić information content (AvgIpc) is 3.06. The molecule has 0 spiro atoms. The van der Waals surface area contributed by atoms with Gasteiger partial charge in [0.15, 0.2) is 0 Å². The lowest BCUT2D eigenvalue weighted by atomic mass is 10.0. The zero-order valence-corrected chi connectivity index (χ0v) is 14.7. The first-order chi connectivity index (χ1) is 12.1. The monoisotopic (exact) mass is 338 g/mol. The number of hydrogen-bond acceptors (Lipinski definition) is 4. The number of carbonyl (C=O) groups is 1. The molecule has 1 aromatic heterocycles. The number of carbonyl (C=O) groups excluding carboxylic acids is 1. The Morgan fingerprint density at radius 3 is 2.84 bits per heavy atom. The van der Waals surface area contributed by atoms with Crippen LogP contribution in [0.5, 0.6) is 0 Å². The SMILES string of the molecule is CC(NC(=O)Cc1ccc(N)cn1)C1CCN(Cc2ccccc2)C1. The van der Waals surface area contributed by atoms with Crippen LogP contribution in [0, 0.1) is 5.92 Å². The maximum Gasteiger partial charge on any atom is 0.226 e. The van der Waals surface area contributed by atoms with E-state index in [1.807, 2.05) is 6.07 Å². The minimum atomic E-state index is 0.0197. The minimum Gasteiger partial charge on any atom is -0.397 e. The van der Waals surface area contributed by atoms with E-state index >= 15 is 0 Å². The highest BCUT2D eigenvalue weighted by atomic mass is 16.1. The van der Waals surface area contributed by atoms with Crippen molar-refractivity contribution in [3.05, 3.63) is 59.9 Å². The van der Waals surface area contributed by atoms with Crippen LogP contribution >= 0.6 is 0 Å². The topological polar surface area (TPSA) is 71.2 Å². The summed E-state index contributed by atoms with van der Waals surface area (Å²) in [4.78, 5) is 18.9. The molecule has 0 saturated carbocycles. The summed E-state index contributed by atoms with van der Waals surface area (Å²) in [5.74, 6) is 0.512. The van der Waals surface area contributed by atoms with Gasteiger partial charge in [0.1, 0.15) is 0 Å². The van der Waals surface area contributed by atoms with E-state index in [0.717, 1.165) is 31.7 Å². The number of amides is 1. The molecule has 132 valence electrons. The molecule has 0 radical (unpaired) electrons. The van der Waals surface area contributed by atoms with Crippen LogP contribution in [-0.4, -0.2) is 34.9 Å². The lowest BCUT2D eigenvalue weighted by Gasteiger charge is -2.22. The summed E-state index contributed by atoms with van der Waals surface area (Å²) < 4.78 is 0. The van der Waals surface area contributed by atoms with Crippen LogP contribution in [0.1, 0.15) is 24.6 Å². The van der Waals surface area contributed by atoms with E-state index in [1.54, 1.807) is 18.3 Å². The first-order valence-corrected chi connectivity index (χ1v) is 8.86. The van der Waals surface area contributed by atoms with E-state index in [1.165, 1.54) is 5.56 Å². The van der Waals surface area contributed by atoms with Crippen LogP contribution in [0.3, 0.4) is 0 Å². The van der Waals surface area contributed by atoms with Gasteiger partial charge in [-0.25, -0.2) is 0 Å². The molecule has 1 aromatic carbocycles. The molecule has 1 aliphatic heterocycles. The molecule has 2 aromatic rings. The van der Waals surface area contributed by atoms with Gasteiger partial charge < -0.3 is 11.1 Å². The molecule has 2 atom stereocenters. The van der Waals surface area contributed by atoms with Crippen LogP contribution < -0.4 is 11.1 Å². The van der Waals surface area contributed by atoms with E-state index in [2.05, 4.69) is 46.4 Å². The summed E-state index contributed by atoms with van der Waals surface area (Å²) in [5.41, 5.74) is 8.32. The number of benzene rings is 1. The lowest BCUT2D eigenvalue weighted by Crippen LogP contribution is -2.40. The Kier molecular flexibility index (Phi) is 5.66. The minimum absolute atomic E-state index is 0.0197. The zero-order valence-electron chi connectivity index (χ0n) is 14.7. The van der Waals surface area contributed by atoms with Gasteiger partial charge in [-0.2, -0.15) is 0 Å². The highest BCUT2D eigenvalue weighted by Crippen LogP contribution is 2.21. The molecule has 0 bridgehead atoms. The Balaban J connectivity index is 1.46. The Morgan fingerprint density at radius 1 is 1.32 bits per heavy atom. The number of aromatic nitrogens is 1. The number of nitrogens with two attached hydrogens (primary N) is 1. The molecule has 3 N–H and O–H groups in total. The second kappa shape index (κ2) is 8.12. The number of nitrogen functional groups attached to an aromatic ring is 1. The van der Waals surface area contributed by atoms with Gasteiger partial charge in [-0.1, -0.05) is 30.3 Å². The van der Waals surface area contributed by atoms with Crippen molar-refractivity contribution in [3.8, 4) is 0 Å². The molecule has 1 aliphatic rings. The number of anilines is 1. The highest BCUT2D eigenvalue weighted by Gasteiger charge is 2.27. The maximum atomic E-state index is 12.2. The third-order valence-corrected chi connectivity index (χ3v) is 4.84. The molecule has 5 nitrogen and oxygen atoms in total. The molecule has 2 heterocycles. The fourth-order valence-electron chi connectivity index (χ4n) is 3.38. The predicted octanol–water partition coefficient (Wildman–Crippen LogP) is 2.23. The highest BCUT2D eigenvalue weighted by molar-refractivity contribution is 5.78. The normalized spacial score (nSPS) is 18.8. The lowest BCUT2D eigenvalue weighted by molar-refractivity contribution is -0.121. The van der Waals surface area contributed by atoms with Crippen molar-refractivity contribution in [1.29, 1.82) is 0 Å². The Bertz CT molecular complexity index is 687. The second-order valence-corrected chi connectivity index (χ2v) is 6.89. The van der Waals surface area contributed by atoms with Crippen LogP contribution in [-0.2, 0) is 17.8 Å². The Morgan fingerprint density at radius 2 is 2.12 bits per heavy atom. The predicted molar refractivity (Wildman–Crippen MR) is 99.8 cm³/mol. The van der Waals surface area contributed by atoms with Crippen LogP contribution in [0.2, 0.25) is 0 Å². The number of nitrogens with zero attached hydrogens (tertiary/aromatic N) is 2. The molecule has 1 amide bonds. The van der Waals surface area contributed by atoms with Crippen molar-refractivity contribution in [1.82, 2.24) is 15.2 Å². The fourth-order valence-corrected chi connectivity index (χ4v) is 3.38. The summed E-state index contributed by atoms with van der Waals surface area (Å²) in [6, 6.07) is 14.3. The molecule has 5 heteroatoms. The van der Waals surface area contributed by atoms with Crippen molar-refractivity contribution in [3.63, 3.8) is 0 Å². The summed E-state index contributed by atoms with van der Waals surface area (Å²) in [7, 11) is 0. The fraction of sp³-hybridized carbons (Fsp3) is 0.400. The number of nitrogens with one attached hydrogen (secondary N) is 1. The summed E-state index contributed by atoms with van der Waals surface area (Å²) in [6.45, 7) is 5.19. The number of hydrogen-bond donors (Lipinski definition) is 2. The van der Waals surface area contributed by atoms with Gasteiger partial charge >= 0.3 is 0 Å². The second-order valence-electron chi connectivity index (χ2n) is 6.89. The Labute approximate surface area is 149 Å². The average molecular weight is 338 g/mol. The molecule has 3 rings (SSSR count). The van der Waals surface area contributed by atoms with E-state index in [9.17, 15) is 4.79 Å². The van der Waals surface area contributed by atoms with Crippen LogP contribution in [0.4, 0.5) is 5.69 Å². The largest absolute Gasteiger partial charge is 0.397 e. The van der Waals surface area contributed by atoms with Crippen molar-refractivity contribution in [2.24, 2.45) is 5.92 Å². The molecule has 2 unspecified atom stereocenters. The molecule has 1 fully saturated rings. The van der Waals surface area contributed by atoms with E-state index in [4.69, 9.17) is 5.73 Å². The summed E-state index contributed by atoms with van der Waals surface area (Å²) in [5, 5.41) is 3.13. The van der Waals surface area contributed by atoms with Crippen molar-refractivity contribution >= 4 is 11.6 Å². The van der Waals surface area contributed by atoms with E-state index < -0.39 is 0 Å². The van der Waals surface area contributed by atoms with Crippen molar-refractivity contribution in [2.75, 3.05) is 18.8 Å². The molecule has 25 heavy (non-hydrogen) atoms. The molecule has 1 saturated heterocycles. The van der Waals surface area contributed by atoms with E-state index in [-0.39, 0.29) is 11.9 Å². The Hall–Kier alpha value is -2.40. The van der Waals surface area contributed by atoms with Gasteiger partial charge in [-0.3, -0.25) is 14.7 Å². The smallest absolute Gasteiger partial charge is 0.226 e. The standard InChI is InChI=1S/C20H26N4O/c1-15(23-20(25)11-19-8-7-18(21)12-22-19)17-9-10-24(14-17)13-16-5-3-2-4-6-16/h2-8,12,15,17H,9-11,13-14,21H2,1H3,(H,23,25). The molecular formula is C20H26N4O. The number of rotatable bonds is 6. The maximum absolute atomic E-state index is 12.2. The van der Waals surface area contributed by atoms with Crippen LogP contribution in [0.25, 0.3) is 0 Å². The molecule has 0 aliphatic carbocycles. The third kappa shape index (κ3) is 5.03. The zero-order chi connectivity index (χ0) is 17.6. The van der Waals surface area contributed by atoms with Crippen molar-refractivity contribution in [2.45, 2.75) is 32.4 Å². The summed E-state index contributed by atoms with van der Waals surface area (Å²) >= 11 is 0. The number of likely N-dealkylation sites (tertiary alicyclic amines) is 1. The van der Waals surface area contributed by atoms with Gasteiger partial charge in [-0.15, -0.1) is 0 Å². The van der Waals surface area contributed by atoms with Gasteiger partial charge in [0.05, 0.1) is 18.3 Å². The summed E-state index contributed by atoms with van der Waals surface area (Å²) in [6.07, 6.45) is 3.00. The first kappa shape index (κ1) is 17.4. The van der Waals surface area contributed by atoms with Gasteiger partial charge in [0.2, 0.25) is 5.91 Å².